The van der Waals surface area contributed by atoms with Gasteiger partial charge in [-0.25, -0.2) is 4.79 Å². The van der Waals surface area contributed by atoms with Gasteiger partial charge in [0.05, 0.1) is 17.1 Å². The van der Waals surface area contributed by atoms with E-state index in [0.717, 1.165) is 48.3 Å². The Balaban J connectivity index is 1.59. The standard InChI is InChI=1S/C25H28N2O3S2/c1-4-30-24(29)18-10-12-21(13-11-18)26-16(2)14-19(17(26)3)15-22-23(28)27(25(31)32-22)20-8-6-5-7-9-20/h10-15,20H,4-9H2,1-3H3/b22-15+. The third-order valence-electron chi connectivity index (χ3n) is 6.16. The summed E-state index contributed by atoms with van der Waals surface area (Å²) < 4.78 is 7.87. The minimum Gasteiger partial charge on any atom is -0.462 e. The van der Waals surface area contributed by atoms with E-state index in [1.54, 1.807) is 19.1 Å². The molecule has 1 aromatic carbocycles. The van der Waals surface area contributed by atoms with Gasteiger partial charge in [0, 0.05) is 23.1 Å². The predicted octanol–water partition coefficient (Wildman–Crippen LogP) is 5.80. The van der Waals surface area contributed by atoms with Crippen LogP contribution in [0.25, 0.3) is 11.8 Å². The number of thiocarbonyl (C=S) groups is 1. The number of benzene rings is 1. The summed E-state index contributed by atoms with van der Waals surface area (Å²) in [6.07, 6.45) is 7.61. The van der Waals surface area contributed by atoms with E-state index in [9.17, 15) is 9.59 Å². The van der Waals surface area contributed by atoms with Gasteiger partial charge in [0.2, 0.25) is 0 Å². The summed E-state index contributed by atoms with van der Waals surface area (Å²) in [5, 5.41) is 0. The zero-order valence-corrected chi connectivity index (χ0v) is 20.4. The van der Waals surface area contributed by atoms with E-state index in [1.807, 2.05) is 37.0 Å². The van der Waals surface area contributed by atoms with Gasteiger partial charge in [-0.05, 0) is 75.6 Å². The molecule has 1 amide bonds. The van der Waals surface area contributed by atoms with E-state index in [-0.39, 0.29) is 17.9 Å². The fourth-order valence-electron chi connectivity index (χ4n) is 4.57. The van der Waals surface area contributed by atoms with Crippen molar-refractivity contribution < 1.29 is 14.3 Å². The van der Waals surface area contributed by atoms with Gasteiger partial charge in [0.25, 0.3) is 5.91 Å². The van der Waals surface area contributed by atoms with Crippen molar-refractivity contribution in [3.05, 3.63) is 57.8 Å². The van der Waals surface area contributed by atoms with Crippen LogP contribution in [0.5, 0.6) is 0 Å². The van der Waals surface area contributed by atoms with E-state index in [1.165, 1.54) is 18.2 Å². The van der Waals surface area contributed by atoms with E-state index in [2.05, 4.69) is 10.6 Å². The molecule has 0 N–H and O–H groups in total. The van der Waals surface area contributed by atoms with Gasteiger partial charge in [-0.1, -0.05) is 43.2 Å². The molecule has 7 heteroatoms. The maximum absolute atomic E-state index is 13.1. The van der Waals surface area contributed by atoms with Crippen molar-refractivity contribution >= 4 is 46.3 Å². The van der Waals surface area contributed by atoms with Crippen molar-refractivity contribution in [1.82, 2.24) is 9.47 Å². The molecule has 1 aromatic heterocycles. The minimum atomic E-state index is -0.319. The highest BCUT2D eigenvalue weighted by atomic mass is 32.2. The van der Waals surface area contributed by atoms with Gasteiger partial charge in [-0.15, -0.1) is 0 Å². The largest absolute Gasteiger partial charge is 0.462 e. The Morgan fingerprint density at radius 1 is 1.19 bits per heavy atom. The number of hydrogen-bond donors (Lipinski definition) is 0. The molecule has 1 saturated carbocycles. The summed E-state index contributed by atoms with van der Waals surface area (Å²) in [5.41, 5.74) is 4.59. The van der Waals surface area contributed by atoms with Gasteiger partial charge in [0.15, 0.2) is 0 Å². The highest BCUT2D eigenvalue weighted by Crippen LogP contribution is 2.38. The summed E-state index contributed by atoms with van der Waals surface area (Å²) in [6.45, 7) is 6.23. The highest BCUT2D eigenvalue weighted by molar-refractivity contribution is 8.26. The monoisotopic (exact) mass is 468 g/mol. The lowest BCUT2D eigenvalue weighted by Gasteiger charge is -2.29. The molecule has 2 aromatic rings. The first-order chi connectivity index (χ1) is 15.4. The second-order valence-corrected chi connectivity index (χ2v) is 9.95. The number of ether oxygens (including phenoxy) is 1. The molecule has 0 unspecified atom stereocenters. The number of rotatable bonds is 5. The van der Waals surface area contributed by atoms with Crippen molar-refractivity contribution in [2.75, 3.05) is 6.61 Å². The lowest BCUT2D eigenvalue weighted by atomic mass is 9.94. The van der Waals surface area contributed by atoms with Crippen LogP contribution < -0.4 is 0 Å². The average molecular weight is 469 g/mol. The molecule has 168 valence electrons. The highest BCUT2D eigenvalue weighted by Gasteiger charge is 2.37. The van der Waals surface area contributed by atoms with Gasteiger partial charge < -0.3 is 9.30 Å². The van der Waals surface area contributed by atoms with Crippen LogP contribution >= 0.6 is 24.0 Å². The first-order valence-corrected chi connectivity index (χ1v) is 12.4. The zero-order valence-electron chi connectivity index (χ0n) is 18.7. The minimum absolute atomic E-state index is 0.0375. The number of carbonyl (C=O) groups is 2. The Kier molecular flexibility index (Phi) is 6.86. The van der Waals surface area contributed by atoms with E-state index in [0.29, 0.717) is 21.4 Å². The molecule has 2 heterocycles. The summed E-state index contributed by atoms with van der Waals surface area (Å²) in [7, 11) is 0. The van der Waals surface area contributed by atoms with Crippen LogP contribution in [0, 0.1) is 13.8 Å². The molecular formula is C25H28N2O3S2. The molecule has 32 heavy (non-hydrogen) atoms. The first kappa shape index (κ1) is 22.8. The number of carbonyl (C=O) groups excluding carboxylic acids is 2. The molecule has 5 nitrogen and oxygen atoms in total. The number of esters is 1. The molecule has 4 rings (SSSR count). The SMILES string of the molecule is CCOC(=O)c1ccc(-n2c(C)cc(/C=C3/SC(=S)N(C4CCCCC4)C3=O)c2C)cc1. The van der Waals surface area contributed by atoms with Crippen LogP contribution in [-0.2, 0) is 9.53 Å². The molecular weight excluding hydrogens is 440 g/mol. The predicted molar refractivity (Wildman–Crippen MR) is 133 cm³/mol. The molecule has 1 saturated heterocycles. The molecule has 0 bridgehead atoms. The van der Waals surface area contributed by atoms with Gasteiger partial charge in [0.1, 0.15) is 4.32 Å². The Bertz CT molecular complexity index is 1080. The smallest absolute Gasteiger partial charge is 0.338 e. The lowest BCUT2D eigenvalue weighted by molar-refractivity contribution is -0.124. The molecule has 0 spiro atoms. The molecule has 1 aliphatic carbocycles. The van der Waals surface area contributed by atoms with Crippen LogP contribution in [0.15, 0.2) is 35.2 Å². The quantitative estimate of drug-likeness (QED) is 0.315. The number of amides is 1. The number of aromatic nitrogens is 1. The van der Waals surface area contributed by atoms with Crippen molar-refractivity contribution in [3.63, 3.8) is 0 Å². The normalized spacial score (nSPS) is 18.6. The number of thioether (sulfide) groups is 1. The van der Waals surface area contributed by atoms with E-state index < -0.39 is 0 Å². The van der Waals surface area contributed by atoms with E-state index >= 15 is 0 Å². The Labute approximate surface area is 198 Å². The second-order valence-electron chi connectivity index (χ2n) is 8.27. The summed E-state index contributed by atoms with van der Waals surface area (Å²) in [6, 6.07) is 9.72. The van der Waals surface area contributed by atoms with E-state index in [4.69, 9.17) is 17.0 Å². The Hall–Kier alpha value is -2.38. The third-order valence-corrected chi connectivity index (χ3v) is 7.49. The molecule has 2 aliphatic rings. The summed E-state index contributed by atoms with van der Waals surface area (Å²) in [5.74, 6) is -0.281. The molecule has 0 radical (unpaired) electrons. The average Bonchev–Trinajstić information content (AvgIpc) is 3.23. The van der Waals surface area contributed by atoms with Crippen LogP contribution in [0.1, 0.15) is 66.3 Å². The van der Waals surface area contributed by atoms with Crippen molar-refractivity contribution in [3.8, 4) is 5.69 Å². The van der Waals surface area contributed by atoms with Crippen LogP contribution in [0.2, 0.25) is 0 Å². The number of nitrogens with zero attached hydrogens (tertiary/aromatic N) is 2. The molecule has 1 aliphatic heterocycles. The second kappa shape index (κ2) is 9.63. The number of aryl methyl sites for hydroxylation is 1. The maximum Gasteiger partial charge on any atom is 0.338 e. The van der Waals surface area contributed by atoms with Gasteiger partial charge in [-0.2, -0.15) is 0 Å². The van der Waals surface area contributed by atoms with Crippen LogP contribution in [0.4, 0.5) is 0 Å². The van der Waals surface area contributed by atoms with Crippen molar-refractivity contribution in [1.29, 1.82) is 0 Å². The fraction of sp³-hybridized carbons (Fsp3) is 0.400. The molecule has 0 atom stereocenters. The van der Waals surface area contributed by atoms with Crippen molar-refractivity contribution in [2.45, 2.75) is 58.9 Å². The van der Waals surface area contributed by atoms with Crippen molar-refractivity contribution in [2.24, 2.45) is 0 Å². The van der Waals surface area contributed by atoms with Gasteiger partial charge in [-0.3, -0.25) is 9.69 Å². The Morgan fingerprint density at radius 2 is 1.88 bits per heavy atom. The van der Waals surface area contributed by atoms with Crippen LogP contribution in [-0.4, -0.2) is 38.3 Å². The third kappa shape index (κ3) is 4.41. The fourth-order valence-corrected chi connectivity index (χ4v) is 5.96. The van der Waals surface area contributed by atoms with Gasteiger partial charge >= 0.3 is 5.97 Å². The zero-order chi connectivity index (χ0) is 22.8. The molecule has 2 fully saturated rings. The number of hydrogen-bond acceptors (Lipinski definition) is 5. The topological polar surface area (TPSA) is 51.5 Å². The maximum atomic E-state index is 13.1. The van der Waals surface area contributed by atoms with Crippen LogP contribution in [0.3, 0.4) is 0 Å². The summed E-state index contributed by atoms with van der Waals surface area (Å²) >= 11 is 6.98. The first-order valence-electron chi connectivity index (χ1n) is 11.1. The Morgan fingerprint density at radius 3 is 2.53 bits per heavy atom. The lowest BCUT2D eigenvalue weighted by Crippen LogP contribution is -2.39. The summed E-state index contributed by atoms with van der Waals surface area (Å²) in [4.78, 5) is 27.6.